The van der Waals surface area contributed by atoms with Gasteiger partial charge < -0.3 is 15.5 Å². The minimum Gasteiger partial charge on any atom is -0.356 e. The van der Waals surface area contributed by atoms with E-state index in [1.807, 2.05) is 24.1 Å². The maximum absolute atomic E-state index is 12.5. The minimum absolute atomic E-state index is 0. The predicted octanol–water partition coefficient (Wildman–Crippen LogP) is 3.72. The van der Waals surface area contributed by atoms with Crippen LogP contribution in [0.1, 0.15) is 51.0 Å². The largest absolute Gasteiger partial charge is 0.356 e. The molecule has 0 radical (unpaired) electrons. The van der Waals surface area contributed by atoms with E-state index in [0.717, 1.165) is 43.5 Å². The summed E-state index contributed by atoms with van der Waals surface area (Å²) >= 11 is 0. The maximum atomic E-state index is 12.5. The van der Waals surface area contributed by atoms with Crippen LogP contribution in [0.3, 0.4) is 0 Å². The van der Waals surface area contributed by atoms with E-state index < -0.39 is 0 Å². The molecule has 1 saturated carbocycles. The van der Waals surface area contributed by atoms with Crippen LogP contribution in [0.25, 0.3) is 0 Å². The topological polar surface area (TPSA) is 56.7 Å². The summed E-state index contributed by atoms with van der Waals surface area (Å²) in [6, 6.07) is 8.75. The van der Waals surface area contributed by atoms with Crippen molar-refractivity contribution in [3.05, 3.63) is 29.8 Å². The molecular formula is C21H33IN4O. The van der Waals surface area contributed by atoms with Crippen LogP contribution in [0.4, 0.5) is 5.69 Å². The van der Waals surface area contributed by atoms with Gasteiger partial charge in [0.15, 0.2) is 5.96 Å². The number of carbonyl (C=O) groups is 1. The number of halogens is 1. The third kappa shape index (κ3) is 6.09. The Bertz CT molecular complexity index is 641. The molecule has 0 saturated heterocycles. The van der Waals surface area contributed by atoms with Gasteiger partial charge in [0.1, 0.15) is 0 Å². The summed E-state index contributed by atoms with van der Waals surface area (Å²) in [6.07, 6.45) is 7.38. The molecule has 150 valence electrons. The normalized spacial score (nSPS) is 22.0. The fraction of sp³-hybridized carbons (Fsp3) is 0.619. The fourth-order valence-corrected chi connectivity index (χ4v) is 3.97. The molecule has 0 atom stereocenters. The molecule has 2 N–H and O–H groups in total. The van der Waals surface area contributed by atoms with E-state index in [1.165, 1.54) is 31.2 Å². The highest BCUT2D eigenvalue weighted by Crippen LogP contribution is 2.28. The van der Waals surface area contributed by atoms with Gasteiger partial charge in [-0.15, -0.1) is 24.0 Å². The van der Waals surface area contributed by atoms with Crippen LogP contribution in [-0.4, -0.2) is 38.0 Å². The molecule has 3 rings (SSSR count). The average Bonchev–Trinajstić information content (AvgIpc) is 3.10. The van der Waals surface area contributed by atoms with Crippen LogP contribution < -0.4 is 15.5 Å². The van der Waals surface area contributed by atoms with Gasteiger partial charge in [-0.3, -0.25) is 9.79 Å². The van der Waals surface area contributed by atoms with Gasteiger partial charge in [-0.25, -0.2) is 0 Å². The standard InChI is InChI=1S/C21H32N4O.HI/c1-16-9-11-18(12-10-16)24-21(22-2)23-14-5-8-20(26)25-15-13-17-6-3-4-7-19(17)25;/h3-4,6-7,16,18H,5,8-15H2,1-2H3,(H2,22,23,24);1H. The number of fused-ring (bicyclic) bond motifs is 1. The van der Waals surface area contributed by atoms with Crippen molar-refractivity contribution in [1.29, 1.82) is 0 Å². The van der Waals surface area contributed by atoms with Crippen molar-refractivity contribution in [2.45, 2.75) is 57.9 Å². The highest BCUT2D eigenvalue weighted by Gasteiger charge is 2.23. The number of nitrogens with one attached hydrogen (secondary N) is 2. The molecule has 1 aromatic rings. The summed E-state index contributed by atoms with van der Waals surface area (Å²) in [4.78, 5) is 18.8. The third-order valence-corrected chi connectivity index (χ3v) is 5.63. The molecule has 6 heteroatoms. The smallest absolute Gasteiger partial charge is 0.227 e. The molecule has 0 spiro atoms. The van der Waals surface area contributed by atoms with Gasteiger partial charge in [0.05, 0.1) is 0 Å². The first-order valence-electron chi connectivity index (χ1n) is 10.0. The number of anilines is 1. The van der Waals surface area contributed by atoms with Crippen molar-refractivity contribution in [2.75, 3.05) is 25.0 Å². The van der Waals surface area contributed by atoms with Crippen molar-refractivity contribution in [3.63, 3.8) is 0 Å². The zero-order valence-corrected chi connectivity index (χ0v) is 18.9. The van der Waals surface area contributed by atoms with E-state index in [1.54, 1.807) is 0 Å². The fourth-order valence-electron chi connectivity index (χ4n) is 3.97. The van der Waals surface area contributed by atoms with Gasteiger partial charge in [0, 0.05) is 38.3 Å². The molecule has 1 aliphatic heterocycles. The van der Waals surface area contributed by atoms with Gasteiger partial charge in [-0.1, -0.05) is 25.1 Å². The lowest BCUT2D eigenvalue weighted by atomic mass is 9.87. The Hall–Kier alpha value is -1.31. The van der Waals surface area contributed by atoms with Gasteiger partial charge in [0.2, 0.25) is 5.91 Å². The molecule has 0 bridgehead atoms. The first kappa shape index (κ1) is 22.0. The zero-order chi connectivity index (χ0) is 18.4. The number of hydrogen-bond donors (Lipinski definition) is 2. The second-order valence-electron chi connectivity index (χ2n) is 7.63. The lowest BCUT2D eigenvalue weighted by Crippen LogP contribution is -2.45. The molecule has 1 fully saturated rings. The molecule has 2 aliphatic rings. The number of carbonyl (C=O) groups excluding carboxylic acids is 1. The number of aliphatic imine (C=N–C) groups is 1. The van der Waals surface area contributed by atoms with Crippen LogP contribution in [0.2, 0.25) is 0 Å². The summed E-state index contributed by atoms with van der Waals surface area (Å²) in [5.41, 5.74) is 2.37. The van der Waals surface area contributed by atoms with Crippen LogP contribution in [0.5, 0.6) is 0 Å². The lowest BCUT2D eigenvalue weighted by molar-refractivity contribution is -0.118. The molecule has 0 unspecified atom stereocenters. The number of nitrogens with zero attached hydrogens (tertiary/aromatic N) is 2. The third-order valence-electron chi connectivity index (χ3n) is 5.63. The number of para-hydroxylation sites is 1. The Labute approximate surface area is 180 Å². The number of amides is 1. The number of rotatable bonds is 5. The molecule has 1 amide bonds. The van der Waals surface area contributed by atoms with E-state index in [-0.39, 0.29) is 29.9 Å². The van der Waals surface area contributed by atoms with Crippen molar-refractivity contribution in [2.24, 2.45) is 10.9 Å². The summed E-state index contributed by atoms with van der Waals surface area (Å²) < 4.78 is 0. The van der Waals surface area contributed by atoms with E-state index in [2.05, 4.69) is 34.7 Å². The lowest BCUT2D eigenvalue weighted by Gasteiger charge is -2.28. The van der Waals surface area contributed by atoms with Crippen LogP contribution in [0.15, 0.2) is 29.3 Å². The number of guanidine groups is 1. The van der Waals surface area contributed by atoms with Gasteiger partial charge >= 0.3 is 0 Å². The predicted molar refractivity (Wildman–Crippen MR) is 123 cm³/mol. The maximum Gasteiger partial charge on any atom is 0.227 e. The second kappa shape index (κ2) is 10.9. The molecule has 1 heterocycles. The molecule has 0 aromatic heterocycles. The van der Waals surface area contributed by atoms with Crippen molar-refractivity contribution >= 4 is 41.5 Å². The monoisotopic (exact) mass is 484 g/mol. The minimum atomic E-state index is 0. The van der Waals surface area contributed by atoms with E-state index in [9.17, 15) is 4.79 Å². The first-order chi connectivity index (χ1) is 12.7. The molecular weight excluding hydrogens is 451 g/mol. The van der Waals surface area contributed by atoms with Crippen molar-refractivity contribution in [1.82, 2.24) is 10.6 Å². The highest BCUT2D eigenvalue weighted by molar-refractivity contribution is 14.0. The summed E-state index contributed by atoms with van der Waals surface area (Å²) in [5, 5.41) is 6.89. The Morgan fingerprint density at radius 1 is 1.22 bits per heavy atom. The SMILES string of the molecule is CN=C(NCCCC(=O)N1CCc2ccccc21)NC1CCC(C)CC1.I. The van der Waals surface area contributed by atoms with E-state index in [4.69, 9.17) is 0 Å². The second-order valence-corrected chi connectivity index (χ2v) is 7.63. The Balaban J connectivity index is 0.00000261. The molecule has 1 aliphatic carbocycles. The number of benzene rings is 1. The first-order valence-corrected chi connectivity index (χ1v) is 10.0. The van der Waals surface area contributed by atoms with E-state index >= 15 is 0 Å². The molecule has 5 nitrogen and oxygen atoms in total. The quantitative estimate of drug-likeness (QED) is 0.290. The molecule has 27 heavy (non-hydrogen) atoms. The van der Waals surface area contributed by atoms with Crippen LogP contribution in [0, 0.1) is 5.92 Å². The van der Waals surface area contributed by atoms with Crippen molar-refractivity contribution in [3.8, 4) is 0 Å². The number of hydrogen-bond acceptors (Lipinski definition) is 2. The summed E-state index contributed by atoms with van der Waals surface area (Å²) in [5.74, 6) is 1.94. The van der Waals surface area contributed by atoms with Gasteiger partial charge in [0.25, 0.3) is 0 Å². The van der Waals surface area contributed by atoms with Gasteiger partial charge in [-0.05, 0) is 56.1 Å². The van der Waals surface area contributed by atoms with Crippen LogP contribution >= 0.6 is 24.0 Å². The summed E-state index contributed by atoms with van der Waals surface area (Å²) in [7, 11) is 1.81. The Kier molecular flexibility index (Phi) is 8.86. The van der Waals surface area contributed by atoms with Crippen LogP contribution in [-0.2, 0) is 11.2 Å². The van der Waals surface area contributed by atoms with Gasteiger partial charge in [-0.2, -0.15) is 0 Å². The Morgan fingerprint density at radius 3 is 2.70 bits per heavy atom. The van der Waals surface area contributed by atoms with E-state index in [0.29, 0.717) is 12.5 Å². The zero-order valence-electron chi connectivity index (χ0n) is 16.5. The average molecular weight is 484 g/mol. The Morgan fingerprint density at radius 2 is 1.96 bits per heavy atom. The summed E-state index contributed by atoms with van der Waals surface area (Å²) in [6.45, 7) is 3.91. The highest BCUT2D eigenvalue weighted by atomic mass is 127. The molecule has 1 aromatic carbocycles. The van der Waals surface area contributed by atoms with Crippen molar-refractivity contribution < 1.29 is 4.79 Å².